The minimum Gasteiger partial charge on any atom is -0.354 e. The number of amides is 2. The third kappa shape index (κ3) is 7.49. The average Bonchev–Trinajstić information content (AvgIpc) is 2.74. The number of nitrogens with zero attached hydrogens (tertiary/aromatic N) is 1. The summed E-state index contributed by atoms with van der Waals surface area (Å²) in [5, 5.41) is 3.64. The van der Waals surface area contributed by atoms with Crippen molar-refractivity contribution in [2.75, 3.05) is 6.54 Å². The lowest BCUT2D eigenvalue weighted by molar-refractivity contribution is -0.141. The summed E-state index contributed by atoms with van der Waals surface area (Å²) in [6.07, 6.45) is 3.54. The van der Waals surface area contributed by atoms with E-state index in [2.05, 4.69) is 36.5 Å². The topological polar surface area (TPSA) is 49.4 Å². The molecule has 2 aromatic carbocycles. The number of rotatable bonds is 11. The van der Waals surface area contributed by atoms with Gasteiger partial charge in [0.05, 0.1) is 0 Å². The number of carbonyl (C=O) groups excluding carboxylic acids is 2. The average molecular weight is 429 g/mol. The predicted octanol–water partition coefficient (Wildman–Crippen LogP) is 5.30. The van der Waals surface area contributed by atoms with E-state index < -0.39 is 6.04 Å². The molecule has 162 valence electrons. The van der Waals surface area contributed by atoms with E-state index in [-0.39, 0.29) is 11.8 Å². The van der Waals surface area contributed by atoms with Gasteiger partial charge in [-0.2, -0.15) is 0 Å². The van der Waals surface area contributed by atoms with Crippen molar-refractivity contribution < 1.29 is 9.59 Å². The summed E-state index contributed by atoms with van der Waals surface area (Å²) in [4.78, 5) is 27.8. The fourth-order valence-electron chi connectivity index (χ4n) is 3.36. The third-order valence-electron chi connectivity index (χ3n) is 5.23. The number of hydrogen-bond donors (Lipinski definition) is 1. The summed E-state index contributed by atoms with van der Waals surface area (Å²) >= 11 is 6.01. The normalized spacial score (nSPS) is 11.7. The van der Waals surface area contributed by atoms with E-state index in [0.717, 1.165) is 24.0 Å². The Morgan fingerprint density at radius 2 is 1.63 bits per heavy atom. The highest BCUT2D eigenvalue weighted by atomic mass is 35.5. The molecule has 1 atom stereocenters. The van der Waals surface area contributed by atoms with Crippen molar-refractivity contribution in [1.82, 2.24) is 10.2 Å². The molecule has 1 N–H and O–H groups in total. The quantitative estimate of drug-likeness (QED) is 0.493. The summed E-state index contributed by atoms with van der Waals surface area (Å²) < 4.78 is 0. The van der Waals surface area contributed by atoms with Crippen LogP contribution in [0.2, 0.25) is 5.02 Å². The fraction of sp³-hybridized carbons (Fsp3) is 0.440. The van der Waals surface area contributed by atoms with Crippen LogP contribution in [0.4, 0.5) is 0 Å². The first-order valence-corrected chi connectivity index (χ1v) is 11.2. The van der Waals surface area contributed by atoms with Gasteiger partial charge in [-0.3, -0.25) is 9.59 Å². The second kappa shape index (κ2) is 12.4. The van der Waals surface area contributed by atoms with E-state index in [1.165, 1.54) is 5.56 Å². The minimum absolute atomic E-state index is 0.0111. The molecule has 2 rings (SSSR count). The molecule has 0 aliphatic carbocycles. The van der Waals surface area contributed by atoms with Gasteiger partial charge in [-0.05, 0) is 49.4 Å². The highest BCUT2D eigenvalue weighted by Crippen LogP contribution is 2.17. The number of carbonyl (C=O) groups is 2. The van der Waals surface area contributed by atoms with Crippen molar-refractivity contribution >= 4 is 23.4 Å². The van der Waals surface area contributed by atoms with Crippen LogP contribution in [0, 0.1) is 6.92 Å². The van der Waals surface area contributed by atoms with Crippen LogP contribution < -0.4 is 5.32 Å². The summed E-state index contributed by atoms with van der Waals surface area (Å²) in [6.45, 7) is 7.12. The molecule has 0 spiro atoms. The maximum atomic E-state index is 13.2. The first-order valence-electron chi connectivity index (χ1n) is 10.8. The number of unbranched alkanes of at least 4 members (excludes halogenated alkanes) is 1. The maximum absolute atomic E-state index is 13.2. The van der Waals surface area contributed by atoms with Crippen LogP contribution >= 0.6 is 11.6 Å². The van der Waals surface area contributed by atoms with E-state index >= 15 is 0 Å². The van der Waals surface area contributed by atoms with Gasteiger partial charge >= 0.3 is 0 Å². The Morgan fingerprint density at radius 1 is 1.00 bits per heavy atom. The predicted molar refractivity (Wildman–Crippen MR) is 123 cm³/mol. The Bertz CT molecular complexity index is 803. The molecule has 2 amide bonds. The Hall–Kier alpha value is -2.33. The molecule has 0 heterocycles. The van der Waals surface area contributed by atoms with Crippen LogP contribution in [0.3, 0.4) is 0 Å². The molecule has 5 heteroatoms. The molecule has 30 heavy (non-hydrogen) atoms. The van der Waals surface area contributed by atoms with Crippen molar-refractivity contribution in [3.8, 4) is 0 Å². The first kappa shape index (κ1) is 23.9. The van der Waals surface area contributed by atoms with Crippen LogP contribution in [-0.2, 0) is 22.6 Å². The van der Waals surface area contributed by atoms with Gasteiger partial charge in [-0.1, -0.05) is 73.8 Å². The Morgan fingerprint density at radius 3 is 2.23 bits per heavy atom. The van der Waals surface area contributed by atoms with E-state index in [1.807, 2.05) is 38.1 Å². The lowest BCUT2D eigenvalue weighted by atomic mass is 10.0. The van der Waals surface area contributed by atoms with Gasteiger partial charge in [0, 0.05) is 24.5 Å². The third-order valence-corrected chi connectivity index (χ3v) is 5.48. The van der Waals surface area contributed by atoms with Crippen molar-refractivity contribution in [2.45, 2.75) is 65.5 Å². The second-order valence-electron chi connectivity index (χ2n) is 7.70. The lowest BCUT2D eigenvalue weighted by Gasteiger charge is -2.31. The van der Waals surface area contributed by atoms with Gasteiger partial charge in [0.2, 0.25) is 11.8 Å². The standard InChI is InChI=1S/C25H33ClN2O2/c1-4-6-17-27-25(30)23(5-2)28(18-21-11-14-22(26)15-12-21)24(29)16-13-20-9-7-19(3)8-10-20/h7-12,14-15,23H,4-6,13,16-18H2,1-3H3,(H,27,30)/t23-/m1/s1. The van der Waals surface area contributed by atoms with Crippen LogP contribution in [-0.4, -0.2) is 29.3 Å². The van der Waals surface area contributed by atoms with Gasteiger partial charge < -0.3 is 10.2 Å². The number of benzene rings is 2. The van der Waals surface area contributed by atoms with Crippen molar-refractivity contribution in [3.63, 3.8) is 0 Å². The number of nitrogens with one attached hydrogen (secondary N) is 1. The van der Waals surface area contributed by atoms with Gasteiger partial charge in [0.1, 0.15) is 6.04 Å². The van der Waals surface area contributed by atoms with Crippen molar-refractivity contribution in [1.29, 1.82) is 0 Å². The fourth-order valence-corrected chi connectivity index (χ4v) is 3.49. The van der Waals surface area contributed by atoms with Crippen LogP contribution in [0.25, 0.3) is 0 Å². The molecule has 0 radical (unpaired) electrons. The first-order chi connectivity index (χ1) is 14.4. The molecule has 0 aromatic heterocycles. The van der Waals surface area contributed by atoms with Gasteiger partial charge in [0.15, 0.2) is 0 Å². The molecule has 0 bridgehead atoms. The van der Waals surface area contributed by atoms with E-state index in [4.69, 9.17) is 11.6 Å². The van der Waals surface area contributed by atoms with Gasteiger partial charge in [-0.15, -0.1) is 0 Å². The van der Waals surface area contributed by atoms with E-state index in [1.54, 1.807) is 4.90 Å². The molecule has 0 unspecified atom stereocenters. The summed E-state index contributed by atoms with van der Waals surface area (Å²) in [5.41, 5.74) is 3.29. The number of aryl methyl sites for hydroxylation is 2. The van der Waals surface area contributed by atoms with Crippen molar-refractivity contribution in [3.05, 3.63) is 70.2 Å². The minimum atomic E-state index is -0.483. The Labute approximate surface area is 185 Å². The van der Waals surface area contributed by atoms with Gasteiger partial charge in [0.25, 0.3) is 0 Å². The Kier molecular flexibility index (Phi) is 9.88. The summed E-state index contributed by atoms with van der Waals surface area (Å²) in [6, 6.07) is 15.2. The highest BCUT2D eigenvalue weighted by molar-refractivity contribution is 6.30. The zero-order chi connectivity index (χ0) is 21.9. The number of hydrogen-bond acceptors (Lipinski definition) is 2. The smallest absolute Gasteiger partial charge is 0.242 e. The van der Waals surface area contributed by atoms with Crippen LogP contribution in [0.1, 0.15) is 56.2 Å². The molecule has 0 aliphatic heterocycles. The monoisotopic (exact) mass is 428 g/mol. The zero-order valence-electron chi connectivity index (χ0n) is 18.3. The molecule has 0 fully saturated rings. The lowest BCUT2D eigenvalue weighted by Crippen LogP contribution is -2.49. The molecular weight excluding hydrogens is 396 g/mol. The molecule has 0 aliphatic rings. The van der Waals surface area contributed by atoms with Crippen molar-refractivity contribution in [2.24, 2.45) is 0 Å². The molecule has 0 saturated carbocycles. The molecule has 4 nitrogen and oxygen atoms in total. The maximum Gasteiger partial charge on any atom is 0.242 e. The van der Waals surface area contributed by atoms with Crippen LogP contribution in [0.5, 0.6) is 0 Å². The molecule has 0 saturated heterocycles. The largest absolute Gasteiger partial charge is 0.354 e. The molecule has 2 aromatic rings. The van der Waals surface area contributed by atoms with Crippen LogP contribution in [0.15, 0.2) is 48.5 Å². The van der Waals surface area contributed by atoms with Gasteiger partial charge in [-0.25, -0.2) is 0 Å². The van der Waals surface area contributed by atoms with E-state index in [9.17, 15) is 9.59 Å². The summed E-state index contributed by atoms with van der Waals surface area (Å²) in [7, 11) is 0. The van der Waals surface area contributed by atoms with E-state index in [0.29, 0.717) is 37.4 Å². The SMILES string of the molecule is CCCCNC(=O)[C@@H](CC)N(Cc1ccc(Cl)cc1)C(=O)CCc1ccc(C)cc1. The summed E-state index contributed by atoms with van der Waals surface area (Å²) in [5.74, 6) is -0.0911. The highest BCUT2D eigenvalue weighted by Gasteiger charge is 2.28. The molecular formula is C25H33ClN2O2. The second-order valence-corrected chi connectivity index (χ2v) is 8.14. The Balaban J connectivity index is 2.15. The zero-order valence-corrected chi connectivity index (χ0v) is 19.0. The number of halogens is 1.